The number of ether oxygens (including phenoxy) is 3. The fourth-order valence-electron chi connectivity index (χ4n) is 3.05. The molecule has 1 fully saturated rings. The number of phenols is 1. The summed E-state index contributed by atoms with van der Waals surface area (Å²) in [4.78, 5) is 0. The first-order valence-electron chi connectivity index (χ1n) is 6.01. The van der Waals surface area contributed by atoms with E-state index >= 15 is 0 Å². The molecule has 0 aromatic heterocycles. The molecule has 0 aliphatic carbocycles. The first-order valence-corrected chi connectivity index (χ1v) is 6.01. The molecule has 3 aliphatic heterocycles. The van der Waals surface area contributed by atoms with Gasteiger partial charge >= 0.3 is 0 Å². The van der Waals surface area contributed by atoms with E-state index in [2.05, 4.69) is 0 Å². The van der Waals surface area contributed by atoms with Crippen LogP contribution in [0.1, 0.15) is 42.4 Å². The van der Waals surface area contributed by atoms with Gasteiger partial charge in [0.05, 0.1) is 24.9 Å². The summed E-state index contributed by atoms with van der Waals surface area (Å²) in [6.07, 6.45) is 0.755. The van der Waals surface area contributed by atoms with Gasteiger partial charge in [-0.3, -0.25) is 0 Å². The van der Waals surface area contributed by atoms with E-state index in [4.69, 9.17) is 14.2 Å². The summed E-state index contributed by atoms with van der Waals surface area (Å²) in [5.41, 5.74) is 3.01. The Morgan fingerprint density at radius 1 is 1.29 bits per heavy atom. The molecule has 1 aromatic rings. The van der Waals surface area contributed by atoms with E-state index in [-0.39, 0.29) is 24.6 Å². The first kappa shape index (κ1) is 9.88. The Labute approximate surface area is 99.1 Å². The monoisotopic (exact) mass is 234 g/mol. The van der Waals surface area contributed by atoms with Gasteiger partial charge in [0.25, 0.3) is 0 Å². The van der Waals surface area contributed by atoms with E-state index in [1.807, 2.05) is 13.0 Å². The van der Waals surface area contributed by atoms with Crippen LogP contribution < -0.4 is 0 Å². The Hall–Kier alpha value is -1.10. The molecule has 1 saturated heterocycles. The smallest absolute Gasteiger partial charge is 0.185 e. The van der Waals surface area contributed by atoms with E-state index in [0.717, 1.165) is 23.1 Å². The average molecular weight is 234 g/mol. The lowest BCUT2D eigenvalue weighted by Crippen LogP contribution is -2.22. The molecule has 0 spiro atoms. The number of phenolic OH excluding ortho intramolecular Hbond substituents is 1. The van der Waals surface area contributed by atoms with Gasteiger partial charge in [-0.2, -0.15) is 0 Å². The van der Waals surface area contributed by atoms with Crippen molar-refractivity contribution in [3.05, 3.63) is 28.8 Å². The number of hydrogen-bond acceptors (Lipinski definition) is 4. The molecule has 0 radical (unpaired) electrons. The maximum absolute atomic E-state index is 9.85. The number of benzene rings is 1. The van der Waals surface area contributed by atoms with Crippen molar-refractivity contribution >= 4 is 0 Å². The fourth-order valence-corrected chi connectivity index (χ4v) is 3.05. The van der Waals surface area contributed by atoms with Gasteiger partial charge in [0.1, 0.15) is 5.75 Å². The minimum atomic E-state index is -0.295. The summed E-state index contributed by atoms with van der Waals surface area (Å²) in [5, 5.41) is 9.85. The molecular formula is C13H14O4. The Morgan fingerprint density at radius 3 is 3.06 bits per heavy atom. The van der Waals surface area contributed by atoms with Gasteiger partial charge in [0.15, 0.2) is 6.29 Å². The summed E-state index contributed by atoms with van der Waals surface area (Å²) in [5.74, 6) is 0.317. The predicted octanol–water partition coefficient (Wildman–Crippen LogP) is 2.17. The summed E-state index contributed by atoms with van der Waals surface area (Å²) in [7, 11) is 0. The van der Waals surface area contributed by atoms with Gasteiger partial charge in [-0.15, -0.1) is 0 Å². The third-order valence-electron chi connectivity index (χ3n) is 3.98. The van der Waals surface area contributed by atoms with Gasteiger partial charge in [-0.25, -0.2) is 0 Å². The van der Waals surface area contributed by atoms with Crippen LogP contribution in [0.25, 0.3) is 0 Å². The van der Waals surface area contributed by atoms with Crippen LogP contribution in [0.15, 0.2) is 12.1 Å². The molecule has 2 bridgehead atoms. The normalized spacial score (nSPS) is 37.9. The number of hydrogen-bond donors (Lipinski definition) is 1. The zero-order valence-electron chi connectivity index (χ0n) is 9.55. The highest BCUT2D eigenvalue weighted by Gasteiger charge is 2.44. The van der Waals surface area contributed by atoms with E-state index in [1.165, 1.54) is 0 Å². The van der Waals surface area contributed by atoms with Crippen molar-refractivity contribution in [2.45, 2.75) is 44.6 Å². The summed E-state index contributed by atoms with van der Waals surface area (Å²) in [6, 6.07) is 3.59. The second-order valence-corrected chi connectivity index (χ2v) is 4.95. The minimum Gasteiger partial charge on any atom is -0.508 e. The van der Waals surface area contributed by atoms with Crippen LogP contribution in [0.5, 0.6) is 5.75 Å². The van der Waals surface area contributed by atoms with Crippen LogP contribution in [0, 0.1) is 0 Å². The van der Waals surface area contributed by atoms with Gasteiger partial charge in [0, 0.05) is 17.5 Å². The van der Waals surface area contributed by atoms with Crippen molar-refractivity contribution in [2.75, 3.05) is 0 Å². The first-order chi connectivity index (χ1) is 8.24. The van der Waals surface area contributed by atoms with Crippen LogP contribution in [-0.4, -0.2) is 17.3 Å². The molecule has 0 amide bonds. The predicted molar refractivity (Wildman–Crippen MR) is 58.4 cm³/mol. The molecule has 3 aliphatic rings. The maximum atomic E-state index is 9.85. The van der Waals surface area contributed by atoms with Gasteiger partial charge in [0.2, 0.25) is 0 Å². The van der Waals surface area contributed by atoms with Crippen molar-refractivity contribution < 1.29 is 19.3 Å². The van der Waals surface area contributed by atoms with E-state index in [9.17, 15) is 5.11 Å². The SMILES string of the molecule is C[C@@H]1O[C@@H]2O[C@H]1C[C@@H]1OCc3c(O)ccc2c31. The van der Waals surface area contributed by atoms with Gasteiger partial charge in [-0.1, -0.05) is 0 Å². The van der Waals surface area contributed by atoms with Crippen molar-refractivity contribution in [2.24, 2.45) is 0 Å². The zero-order valence-corrected chi connectivity index (χ0v) is 9.55. The van der Waals surface area contributed by atoms with Crippen molar-refractivity contribution in [1.82, 2.24) is 0 Å². The molecule has 3 heterocycles. The third kappa shape index (κ3) is 1.23. The molecule has 17 heavy (non-hydrogen) atoms. The van der Waals surface area contributed by atoms with E-state index in [0.29, 0.717) is 12.4 Å². The fraction of sp³-hybridized carbons (Fsp3) is 0.538. The topological polar surface area (TPSA) is 47.9 Å². The molecular weight excluding hydrogens is 220 g/mol. The summed E-state index contributed by atoms with van der Waals surface area (Å²) in [6.45, 7) is 2.53. The standard InChI is InChI=1S/C13H14O4/c1-6-10-4-11-12-7(13(16-6)17-10)2-3-9(14)8(12)5-15-11/h2-3,6,10-11,13-14H,4-5H2,1H3/t6-,10-,11-,13+/m0/s1. The number of rotatable bonds is 0. The largest absolute Gasteiger partial charge is 0.508 e. The number of aromatic hydroxyl groups is 1. The van der Waals surface area contributed by atoms with Crippen LogP contribution in [0.4, 0.5) is 0 Å². The van der Waals surface area contributed by atoms with E-state index < -0.39 is 0 Å². The van der Waals surface area contributed by atoms with Crippen LogP contribution in [0.2, 0.25) is 0 Å². The lowest BCUT2D eigenvalue weighted by atomic mass is 9.94. The van der Waals surface area contributed by atoms with Gasteiger partial charge < -0.3 is 19.3 Å². The Morgan fingerprint density at radius 2 is 2.18 bits per heavy atom. The molecule has 0 unspecified atom stereocenters. The molecule has 1 N–H and O–H groups in total. The number of fused-ring (bicyclic) bond motifs is 3. The molecule has 4 rings (SSSR count). The van der Waals surface area contributed by atoms with Crippen molar-refractivity contribution in [3.63, 3.8) is 0 Å². The lowest BCUT2D eigenvalue weighted by molar-refractivity contribution is -0.0675. The second-order valence-electron chi connectivity index (χ2n) is 4.95. The summed E-state index contributed by atoms with van der Waals surface area (Å²) < 4.78 is 17.5. The van der Waals surface area contributed by atoms with Crippen LogP contribution in [0.3, 0.4) is 0 Å². The zero-order chi connectivity index (χ0) is 11.6. The summed E-state index contributed by atoms with van der Waals surface area (Å²) >= 11 is 0. The van der Waals surface area contributed by atoms with Crippen LogP contribution >= 0.6 is 0 Å². The minimum absolute atomic E-state index is 0.0495. The van der Waals surface area contributed by atoms with Crippen LogP contribution in [-0.2, 0) is 20.8 Å². The van der Waals surface area contributed by atoms with Gasteiger partial charge in [-0.05, 0) is 24.6 Å². The highest BCUT2D eigenvalue weighted by molar-refractivity contribution is 5.48. The second kappa shape index (κ2) is 3.22. The molecule has 1 aromatic carbocycles. The van der Waals surface area contributed by atoms with Crippen molar-refractivity contribution in [1.29, 1.82) is 0 Å². The molecule has 4 atom stereocenters. The quantitative estimate of drug-likeness (QED) is 0.747. The molecule has 4 nitrogen and oxygen atoms in total. The Balaban J connectivity index is 1.92. The van der Waals surface area contributed by atoms with E-state index in [1.54, 1.807) is 6.07 Å². The molecule has 0 saturated carbocycles. The molecule has 90 valence electrons. The van der Waals surface area contributed by atoms with Crippen molar-refractivity contribution in [3.8, 4) is 5.75 Å². The maximum Gasteiger partial charge on any atom is 0.185 e. The Kier molecular flexibility index (Phi) is 1.87. The molecule has 4 heteroatoms. The third-order valence-corrected chi connectivity index (χ3v) is 3.98. The Bertz CT molecular complexity index is 485. The lowest BCUT2D eigenvalue weighted by Gasteiger charge is -2.19. The highest BCUT2D eigenvalue weighted by atomic mass is 16.7. The average Bonchev–Trinajstić information content (AvgIpc) is 2.82. The highest BCUT2D eigenvalue weighted by Crippen LogP contribution is 2.49.